The molecule has 2 atom stereocenters. The zero-order chi connectivity index (χ0) is 11.8. The van der Waals surface area contributed by atoms with Crippen LogP contribution in [0.15, 0.2) is 11.6 Å². The Morgan fingerprint density at radius 2 is 2.07 bits per heavy atom. The first-order chi connectivity index (χ1) is 7.02. The summed E-state index contributed by atoms with van der Waals surface area (Å²) in [6.45, 7) is 6.40. The standard InChI is InChI=1S/C11H21NO3/c1-4-10(11(14)15)5-6-12-9(3)8(2)7-13/h5,8-9,12-13H,4,6-7H2,1-3H3,(H,14,15). The van der Waals surface area contributed by atoms with E-state index in [1.54, 1.807) is 6.08 Å². The highest BCUT2D eigenvalue weighted by molar-refractivity contribution is 5.86. The molecule has 15 heavy (non-hydrogen) atoms. The Hall–Kier alpha value is -0.870. The van der Waals surface area contributed by atoms with Crippen molar-refractivity contribution in [1.29, 1.82) is 0 Å². The molecule has 0 aromatic heterocycles. The molecule has 88 valence electrons. The molecule has 0 aliphatic rings. The van der Waals surface area contributed by atoms with Crippen molar-refractivity contribution in [3.8, 4) is 0 Å². The topological polar surface area (TPSA) is 69.6 Å². The molecule has 3 N–H and O–H groups in total. The van der Waals surface area contributed by atoms with Gasteiger partial charge in [-0.25, -0.2) is 4.79 Å². The number of nitrogens with one attached hydrogen (secondary N) is 1. The first-order valence-electron chi connectivity index (χ1n) is 5.29. The number of aliphatic hydroxyl groups is 1. The second-order valence-electron chi connectivity index (χ2n) is 3.74. The number of rotatable bonds is 7. The summed E-state index contributed by atoms with van der Waals surface area (Å²) in [7, 11) is 0. The van der Waals surface area contributed by atoms with Crippen LogP contribution < -0.4 is 5.32 Å². The summed E-state index contributed by atoms with van der Waals surface area (Å²) in [5.41, 5.74) is 0.423. The lowest BCUT2D eigenvalue weighted by atomic mass is 10.1. The molecule has 0 heterocycles. The van der Waals surface area contributed by atoms with Gasteiger partial charge in [0, 0.05) is 24.8 Å². The highest BCUT2D eigenvalue weighted by atomic mass is 16.4. The number of carbonyl (C=O) groups is 1. The summed E-state index contributed by atoms with van der Waals surface area (Å²) in [5.74, 6) is -0.685. The lowest BCUT2D eigenvalue weighted by Gasteiger charge is -2.18. The Morgan fingerprint density at radius 1 is 1.47 bits per heavy atom. The fourth-order valence-electron chi connectivity index (χ4n) is 1.11. The highest BCUT2D eigenvalue weighted by Crippen LogP contribution is 2.02. The number of aliphatic carboxylic acids is 1. The molecular weight excluding hydrogens is 194 g/mol. The zero-order valence-electron chi connectivity index (χ0n) is 9.66. The molecule has 0 fully saturated rings. The van der Waals surface area contributed by atoms with Crippen LogP contribution in [0.5, 0.6) is 0 Å². The Morgan fingerprint density at radius 3 is 2.47 bits per heavy atom. The molecule has 0 radical (unpaired) electrons. The van der Waals surface area contributed by atoms with Crippen LogP contribution in [0.4, 0.5) is 0 Å². The van der Waals surface area contributed by atoms with Crippen LogP contribution >= 0.6 is 0 Å². The van der Waals surface area contributed by atoms with Gasteiger partial charge in [0.05, 0.1) is 0 Å². The molecule has 0 spiro atoms. The average molecular weight is 215 g/mol. The molecule has 4 heteroatoms. The van der Waals surface area contributed by atoms with Gasteiger partial charge in [0.25, 0.3) is 0 Å². The van der Waals surface area contributed by atoms with Crippen molar-refractivity contribution in [2.75, 3.05) is 13.2 Å². The van der Waals surface area contributed by atoms with E-state index in [0.717, 1.165) is 0 Å². The van der Waals surface area contributed by atoms with E-state index < -0.39 is 5.97 Å². The lowest BCUT2D eigenvalue weighted by molar-refractivity contribution is -0.132. The molecular formula is C11H21NO3. The van der Waals surface area contributed by atoms with E-state index in [2.05, 4.69) is 5.32 Å². The Balaban J connectivity index is 4.00. The van der Waals surface area contributed by atoms with E-state index in [4.69, 9.17) is 10.2 Å². The quantitative estimate of drug-likeness (QED) is 0.554. The van der Waals surface area contributed by atoms with Gasteiger partial charge in [-0.2, -0.15) is 0 Å². The Bertz CT molecular complexity index is 226. The van der Waals surface area contributed by atoms with Crippen molar-refractivity contribution < 1.29 is 15.0 Å². The van der Waals surface area contributed by atoms with Gasteiger partial charge in [0.1, 0.15) is 0 Å². The summed E-state index contributed by atoms with van der Waals surface area (Å²) in [5, 5.41) is 20.8. The second-order valence-corrected chi connectivity index (χ2v) is 3.74. The Kier molecular flexibility index (Phi) is 6.99. The minimum absolute atomic E-state index is 0.136. The van der Waals surface area contributed by atoms with Crippen molar-refractivity contribution >= 4 is 5.97 Å². The Labute approximate surface area is 91.0 Å². The summed E-state index contributed by atoms with van der Waals surface area (Å²) in [6, 6.07) is 0.179. The fourth-order valence-corrected chi connectivity index (χ4v) is 1.11. The number of aliphatic hydroxyl groups excluding tert-OH is 1. The van der Waals surface area contributed by atoms with Gasteiger partial charge in [-0.15, -0.1) is 0 Å². The maximum atomic E-state index is 10.7. The van der Waals surface area contributed by atoms with Gasteiger partial charge in [-0.3, -0.25) is 0 Å². The summed E-state index contributed by atoms with van der Waals surface area (Å²) in [6.07, 6.45) is 2.21. The van der Waals surface area contributed by atoms with Gasteiger partial charge in [0.15, 0.2) is 0 Å². The van der Waals surface area contributed by atoms with Crippen molar-refractivity contribution in [1.82, 2.24) is 5.32 Å². The van der Waals surface area contributed by atoms with E-state index in [1.165, 1.54) is 0 Å². The fraction of sp³-hybridized carbons (Fsp3) is 0.727. The van der Waals surface area contributed by atoms with Gasteiger partial charge in [-0.1, -0.05) is 19.9 Å². The van der Waals surface area contributed by atoms with E-state index in [1.807, 2.05) is 20.8 Å². The molecule has 2 unspecified atom stereocenters. The molecule has 0 saturated carbocycles. The van der Waals surface area contributed by atoms with E-state index in [9.17, 15) is 4.79 Å². The van der Waals surface area contributed by atoms with E-state index in [-0.39, 0.29) is 18.6 Å². The molecule has 0 amide bonds. The van der Waals surface area contributed by atoms with Crippen molar-refractivity contribution in [3.05, 3.63) is 11.6 Å². The summed E-state index contributed by atoms with van der Waals surface area (Å²) < 4.78 is 0. The number of hydrogen-bond donors (Lipinski definition) is 3. The maximum absolute atomic E-state index is 10.7. The second kappa shape index (κ2) is 7.43. The maximum Gasteiger partial charge on any atom is 0.331 e. The first kappa shape index (κ1) is 14.1. The average Bonchev–Trinajstić information content (AvgIpc) is 2.22. The smallest absolute Gasteiger partial charge is 0.331 e. The molecule has 0 aliphatic carbocycles. The largest absolute Gasteiger partial charge is 0.478 e. The number of carboxylic acids is 1. The van der Waals surface area contributed by atoms with Gasteiger partial charge in [0.2, 0.25) is 0 Å². The van der Waals surface area contributed by atoms with Gasteiger partial charge >= 0.3 is 5.97 Å². The van der Waals surface area contributed by atoms with Crippen LogP contribution in [0, 0.1) is 5.92 Å². The van der Waals surface area contributed by atoms with Crippen LogP contribution in [0.3, 0.4) is 0 Å². The molecule has 0 bridgehead atoms. The minimum Gasteiger partial charge on any atom is -0.478 e. The molecule has 0 aromatic rings. The number of hydrogen-bond acceptors (Lipinski definition) is 3. The summed E-state index contributed by atoms with van der Waals surface area (Å²) >= 11 is 0. The molecule has 0 saturated heterocycles. The van der Waals surface area contributed by atoms with Gasteiger partial charge in [-0.05, 0) is 19.3 Å². The zero-order valence-corrected chi connectivity index (χ0v) is 9.66. The number of carboxylic acid groups (broad SMARTS) is 1. The van der Waals surface area contributed by atoms with Crippen molar-refractivity contribution in [2.24, 2.45) is 5.92 Å². The molecule has 0 rings (SSSR count). The van der Waals surface area contributed by atoms with Crippen molar-refractivity contribution in [2.45, 2.75) is 33.2 Å². The van der Waals surface area contributed by atoms with E-state index >= 15 is 0 Å². The van der Waals surface area contributed by atoms with Crippen LogP contribution in [-0.4, -0.2) is 35.4 Å². The lowest BCUT2D eigenvalue weighted by Crippen LogP contribution is -2.34. The van der Waals surface area contributed by atoms with Gasteiger partial charge < -0.3 is 15.5 Å². The van der Waals surface area contributed by atoms with Crippen molar-refractivity contribution in [3.63, 3.8) is 0 Å². The van der Waals surface area contributed by atoms with Crippen LogP contribution in [-0.2, 0) is 4.79 Å². The summed E-state index contributed by atoms with van der Waals surface area (Å²) in [4.78, 5) is 10.7. The highest BCUT2D eigenvalue weighted by Gasteiger charge is 2.09. The predicted octanol–water partition coefficient (Wildman–Crippen LogP) is 1.01. The normalized spacial score (nSPS) is 16.1. The third kappa shape index (κ3) is 5.54. The molecule has 4 nitrogen and oxygen atoms in total. The van der Waals surface area contributed by atoms with Crippen LogP contribution in [0.1, 0.15) is 27.2 Å². The third-order valence-electron chi connectivity index (χ3n) is 2.59. The predicted molar refractivity (Wildman–Crippen MR) is 59.7 cm³/mol. The first-order valence-corrected chi connectivity index (χ1v) is 5.29. The van der Waals surface area contributed by atoms with Crippen LogP contribution in [0.25, 0.3) is 0 Å². The molecule has 0 aromatic carbocycles. The minimum atomic E-state index is -0.859. The SMILES string of the molecule is CCC(=CCNC(C)C(C)CO)C(=O)O. The third-order valence-corrected chi connectivity index (χ3v) is 2.59. The monoisotopic (exact) mass is 215 g/mol. The molecule has 0 aliphatic heterocycles. The van der Waals surface area contributed by atoms with E-state index in [0.29, 0.717) is 18.5 Å². The van der Waals surface area contributed by atoms with Crippen LogP contribution in [0.2, 0.25) is 0 Å².